The van der Waals surface area contributed by atoms with Gasteiger partial charge in [-0.25, -0.2) is 0 Å². The summed E-state index contributed by atoms with van der Waals surface area (Å²) in [7, 11) is 9.21. The van der Waals surface area contributed by atoms with Gasteiger partial charge in [0.1, 0.15) is 11.5 Å². The van der Waals surface area contributed by atoms with E-state index >= 15 is 0 Å². The minimum absolute atomic E-state index is 0.00715. The first kappa shape index (κ1) is 29.3. The van der Waals surface area contributed by atoms with Gasteiger partial charge >= 0.3 is 0 Å². The molecule has 4 aromatic carbocycles. The summed E-state index contributed by atoms with van der Waals surface area (Å²) in [6.07, 6.45) is 3.22. The Morgan fingerprint density at radius 2 is 1.11 bits per heavy atom. The standard InChI is InChI=1S/C37H40N2O6/c1-38-16-14-24-20-30(41-3)34(40)36-32(24)28(38)18-22-8-12-27(13-9-22)45-37-33-25(21-31(42-4)35(37)43-5)15-17-39(2)29(33)19-23-6-10-26(44-36)11-7-23/h6-13,20-21,28-29,40H,14-19H2,1-5H3/t28-,29+/m0/s1. The van der Waals surface area contributed by atoms with Crippen molar-refractivity contribution < 1.29 is 28.8 Å². The van der Waals surface area contributed by atoms with E-state index in [9.17, 15) is 5.11 Å². The summed E-state index contributed by atoms with van der Waals surface area (Å²) < 4.78 is 30.6. The van der Waals surface area contributed by atoms with Crippen LogP contribution in [0.4, 0.5) is 0 Å². The van der Waals surface area contributed by atoms with Crippen LogP contribution in [0.15, 0.2) is 60.7 Å². The van der Waals surface area contributed by atoms with Crippen LogP contribution >= 0.6 is 0 Å². The van der Waals surface area contributed by atoms with Crippen molar-refractivity contribution in [2.45, 2.75) is 37.8 Å². The summed E-state index contributed by atoms with van der Waals surface area (Å²) in [6.45, 7) is 1.80. The number of hydrogen-bond acceptors (Lipinski definition) is 8. The maximum absolute atomic E-state index is 11.4. The van der Waals surface area contributed by atoms with Gasteiger partial charge in [0.25, 0.3) is 0 Å². The molecule has 0 radical (unpaired) electrons. The van der Waals surface area contributed by atoms with E-state index in [2.05, 4.69) is 54.2 Å². The number of hydrogen-bond donors (Lipinski definition) is 1. The first-order valence-corrected chi connectivity index (χ1v) is 15.5. The molecule has 2 atom stereocenters. The lowest BCUT2D eigenvalue weighted by Crippen LogP contribution is -2.34. The van der Waals surface area contributed by atoms with Crippen molar-refractivity contribution in [2.75, 3.05) is 48.5 Å². The highest BCUT2D eigenvalue weighted by molar-refractivity contribution is 5.63. The smallest absolute Gasteiger partial charge is 0.204 e. The lowest BCUT2D eigenvalue weighted by Gasteiger charge is -2.37. The molecule has 0 amide bonds. The number of benzene rings is 4. The topological polar surface area (TPSA) is 72.9 Å². The van der Waals surface area contributed by atoms with Crippen LogP contribution in [0.1, 0.15) is 45.5 Å². The molecule has 0 saturated carbocycles. The summed E-state index contributed by atoms with van der Waals surface area (Å²) in [5.74, 6) is 4.27. The molecule has 0 saturated heterocycles. The van der Waals surface area contributed by atoms with Crippen molar-refractivity contribution in [3.05, 3.63) is 94.0 Å². The third-order valence-electron chi connectivity index (χ3n) is 9.66. The maximum atomic E-state index is 11.4. The van der Waals surface area contributed by atoms with E-state index in [0.717, 1.165) is 72.3 Å². The summed E-state index contributed by atoms with van der Waals surface area (Å²) >= 11 is 0. The zero-order chi connectivity index (χ0) is 31.2. The molecule has 1 N–H and O–H groups in total. The van der Waals surface area contributed by atoms with Crippen LogP contribution in [-0.2, 0) is 25.7 Å². The molecule has 6 heterocycles. The van der Waals surface area contributed by atoms with Crippen LogP contribution in [-0.4, -0.2) is 63.4 Å². The second-order valence-electron chi connectivity index (χ2n) is 12.2. The number of rotatable bonds is 3. The highest BCUT2D eigenvalue weighted by Crippen LogP contribution is 2.51. The quantitative estimate of drug-likeness (QED) is 0.271. The summed E-state index contributed by atoms with van der Waals surface area (Å²) in [5, 5.41) is 11.4. The van der Waals surface area contributed by atoms with Gasteiger partial charge in [-0.1, -0.05) is 24.3 Å². The third kappa shape index (κ3) is 5.22. The SMILES string of the molecule is COc1cc2c3c(c1O)Oc1ccc(cc1)C[C@@H]1c4c(cc(OC)c(OC)c4Oc4ccc(cc4)C[C@@H]3N(C)CC2)CCN1C. The van der Waals surface area contributed by atoms with Crippen molar-refractivity contribution in [1.82, 2.24) is 9.80 Å². The number of methoxy groups -OCH3 is 3. The van der Waals surface area contributed by atoms with E-state index in [4.69, 9.17) is 23.7 Å². The Balaban J connectivity index is 1.40. The molecule has 10 rings (SSSR count). The molecule has 4 aromatic rings. The van der Waals surface area contributed by atoms with Gasteiger partial charge in [0, 0.05) is 36.3 Å². The fraction of sp³-hybridized carbons (Fsp3) is 0.351. The summed E-state index contributed by atoms with van der Waals surface area (Å²) in [4.78, 5) is 4.71. The second-order valence-corrected chi connectivity index (χ2v) is 12.2. The van der Waals surface area contributed by atoms with Crippen molar-refractivity contribution in [3.63, 3.8) is 0 Å². The molecule has 8 heteroatoms. The Labute approximate surface area is 264 Å². The second kappa shape index (κ2) is 11.8. The van der Waals surface area contributed by atoms with Crippen molar-refractivity contribution in [3.8, 4) is 46.0 Å². The minimum Gasteiger partial charge on any atom is -0.502 e. The molecule has 8 nitrogen and oxygen atoms in total. The molecule has 0 unspecified atom stereocenters. The first-order valence-electron chi connectivity index (χ1n) is 15.5. The van der Waals surface area contributed by atoms with Crippen molar-refractivity contribution in [1.29, 1.82) is 0 Å². The lowest BCUT2D eigenvalue weighted by atomic mass is 9.87. The number of phenols is 1. The van der Waals surface area contributed by atoms with Crippen molar-refractivity contribution >= 4 is 0 Å². The first-order chi connectivity index (χ1) is 21.9. The van der Waals surface area contributed by atoms with Gasteiger partial charge in [-0.15, -0.1) is 0 Å². The van der Waals surface area contributed by atoms with Crippen LogP contribution in [0.25, 0.3) is 0 Å². The molecule has 0 fully saturated rings. The molecule has 0 aromatic heterocycles. The van der Waals surface area contributed by atoms with Gasteiger partial charge < -0.3 is 28.8 Å². The van der Waals surface area contributed by atoms with Crippen molar-refractivity contribution in [2.24, 2.45) is 0 Å². The van der Waals surface area contributed by atoms with Gasteiger partial charge in [0.2, 0.25) is 11.5 Å². The molecule has 0 spiro atoms. The van der Waals surface area contributed by atoms with E-state index in [-0.39, 0.29) is 17.8 Å². The Morgan fingerprint density at radius 3 is 1.60 bits per heavy atom. The highest BCUT2D eigenvalue weighted by Gasteiger charge is 2.34. The summed E-state index contributed by atoms with van der Waals surface area (Å²) in [6, 6.07) is 20.6. The highest BCUT2D eigenvalue weighted by atomic mass is 16.5. The largest absolute Gasteiger partial charge is 0.502 e. The molecule has 6 aliphatic rings. The molecular weight excluding hydrogens is 568 g/mol. The van der Waals surface area contributed by atoms with Gasteiger partial charge in [-0.05, 0) is 98.4 Å². The fourth-order valence-corrected chi connectivity index (χ4v) is 7.15. The van der Waals surface area contributed by atoms with Crippen LogP contribution in [0, 0.1) is 0 Å². The normalized spacial score (nSPS) is 19.4. The Morgan fingerprint density at radius 1 is 0.644 bits per heavy atom. The maximum Gasteiger partial charge on any atom is 0.204 e. The number of aromatic hydroxyl groups is 1. The molecule has 6 aliphatic heterocycles. The average Bonchev–Trinajstić information content (AvgIpc) is 3.05. The molecular formula is C37H40N2O6. The zero-order valence-electron chi connectivity index (χ0n) is 26.6. The van der Waals surface area contributed by atoms with Crippen LogP contribution in [0.3, 0.4) is 0 Å². The fourth-order valence-electron chi connectivity index (χ4n) is 7.15. The van der Waals surface area contributed by atoms with Crippen LogP contribution < -0.4 is 23.7 Å². The Hall–Kier alpha value is -4.40. The predicted octanol–water partition coefficient (Wildman–Crippen LogP) is 6.86. The molecule has 45 heavy (non-hydrogen) atoms. The van der Waals surface area contributed by atoms with Gasteiger partial charge in [-0.2, -0.15) is 0 Å². The van der Waals surface area contributed by atoms with E-state index in [1.807, 2.05) is 30.3 Å². The van der Waals surface area contributed by atoms with E-state index < -0.39 is 0 Å². The van der Waals surface area contributed by atoms with E-state index in [1.165, 1.54) is 5.56 Å². The predicted molar refractivity (Wildman–Crippen MR) is 173 cm³/mol. The van der Waals surface area contributed by atoms with Gasteiger partial charge in [-0.3, -0.25) is 9.80 Å². The number of likely N-dealkylation sites (N-methyl/N-ethyl adjacent to an activating group) is 2. The minimum atomic E-state index is -0.00715. The molecule has 0 aliphatic carbocycles. The number of ether oxygens (including phenoxy) is 5. The number of phenolic OH excluding ortho intramolecular Hbond substituents is 1. The van der Waals surface area contributed by atoms with Crippen LogP contribution in [0.2, 0.25) is 0 Å². The molecule has 234 valence electrons. The van der Waals surface area contributed by atoms with Gasteiger partial charge in [0.15, 0.2) is 23.0 Å². The third-order valence-corrected chi connectivity index (χ3v) is 9.66. The number of nitrogens with zero attached hydrogens (tertiary/aromatic N) is 2. The van der Waals surface area contributed by atoms with E-state index in [1.54, 1.807) is 21.3 Å². The van der Waals surface area contributed by atoms with E-state index in [0.29, 0.717) is 34.5 Å². The summed E-state index contributed by atoms with van der Waals surface area (Å²) in [5.41, 5.74) is 6.75. The zero-order valence-corrected chi connectivity index (χ0v) is 26.6. The Bertz CT molecular complexity index is 1720. The monoisotopic (exact) mass is 608 g/mol. The Kier molecular flexibility index (Phi) is 7.71. The van der Waals surface area contributed by atoms with Crippen LogP contribution in [0.5, 0.6) is 46.0 Å². The molecule has 4 bridgehead atoms. The van der Waals surface area contributed by atoms with Gasteiger partial charge in [0.05, 0.1) is 21.3 Å². The lowest BCUT2D eigenvalue weighted by molar-refractivity contribution is 0.221. The average molecular weight is 609 g/mol.